The molecule has 1 aromatic carbocycles. The van der Waals surface area contributed by atoms with E-state index >= 15 is 0 Å². The number of para-hydroxylation sites is 1. The van der Waals surface area contributed by atoms with Gasteiger partial charge in [-0.1, -0.05) is 18.2 Å². The fourth-order valence-corrected chi connectivity index (χ4v) is 3.80. The summed E-state index contributed by atoms with van der Waals surface area (Å²) in [5.41, 5.74) is 0.902. The van der Waals surface area contributed by atoms with Crippen molar-refractivity contribution < 1.29 is 17.9 Å². The molecule has 7 heteroatoms. The molecule has 0 aromatic heterocycles. The third-order valence-corrected chi connectivity index (χ3v) is 5.46. The molecule has 23 heavy (non-hydrogen) atoms. The van der Waals surface area contributed by atoms with Crippen molar-refractivity contribution in [2.45, 2.75) is 25.8 Å². The number of hydrogen-bond donors (Lipinski definition) is 1. The number of carbonyl (C=O) groups is 1. The molecule has 6 nitrogen and oxygen atoms in total. The Morgan fingerprint density at radius 1 is 1.39 bits per heavy atom. The number of benzene rings is 1. The highest BCUT2D eigenvalue weighted by Crippen LogP contribution is 2.25. The van der Waals surface area contributed by atoms with Crippen LogP contribution in [0.15, 0.2) is 24.3 Å². The van der Waals surface area contributed by atoms with Gasteiger partial charge in [-0.3, -0.25) is 4.79 Å². The number of ether oxygens (including phenoxy) is 1. The summed E-state index contributed by atoms with van der Waals surface area (Å²) in [5, 5.41) is 2.97. The first-order chi connectivity index (χ1) is 10.8. The number of amides is 1. The Labute approximate surface area is 137 Å². The Hall–Kier alpha value is -1.60. The standard InChI is InChI=1S/C16H24N2O4S/c1-12(14-8-4-5-9-15(14)22-2)17-16(19)13-7-6-10-18(11-13)23(3,20)21/h4-5,8-9,12-13H,6-7,10-11H2,1-3H3,(H,17,19)/t12-,13-/m0/s1. The van der Waals surface area contributed by atoms with Crippen molar-refractivity contribution in [2.24, 2.45) is 5.92 Å². The van der Waals surface area contributed by atoms with E-state index in [0.29, 0.717) is 19.4 Å². The van der Waals surface area contributed by atoms with E-state index in [9.17, 15) is 13.2 Å². The van der Waals surface area contributed by atoms with Crippen LogP contribution >= 0.6 is 0 Å². The first-order valence-corrected chi connectivity index (χ1v) is 9.56. The molecule has 1 fully saturated rings. The highest BCUT2D eigenvalue weighted by atomic mass is 32.2. The SMILES string of the molecule is COc1ccccc1[C@H](C)NC(=O)[C@H]1CCCN(S(C)(=O)=O)C1. The van der Waals surface area contributed by atoms with E-state index in [1.807, 2.05) is 31.2 Å². The van der Waals surface area contributed by atoms with E-state index in [0.717, 1.165) is 11.3 Å². The largest absolute Gasteiger partial charge is 0.496 e. The molecule has 1 aromatic rings. The lowest BCUT2D eigenvalue weighted by molar-refractivity contribution is -0.126. The second-order valence-electron chi connectivity index (χ2n) is 5.93. The lowest BCUT2D eigenvalue weighted by Gasteiger charge is -2.31. The molecule has 0 unspecified atom stereocenters. The molecule has 1 N–H and O–H groups in total. The molecule has 0 aliphatic carbocycles. The first-order valence-electron chi connectivity index (χ1n) is 7.71. The van der Waals surface area contributed by atoms with Gasteiger partial charge >= 0.3 is 0 Å². The van der Waals surface area contributed by atoms with Gasteiger partial charge in [0, 0.05) is 18.7 Å². The maximum Gasteiger partial charge on any atom is 0.224 e. The fourth-order valence-electron chi connectivity index (χ4n) is 2.89. The van der Waals surface area contributed by atoms with Crippen LogP contribution < -0.4 is 10.1 Å². The van der Waals surface area contributed by atoms with E-state index in [2.05, 4.69) is 5.32 Å². The van der Waals surface area contributed by atoms with Crippen molar-refractivity contribution >= 4 is 15.9 Å². The molecule has 128 valence electrons. The van der Waals surface area contributed by atoms with Crippen LogP contribution in [0.4, 0.5) is 0 Å². The number of rotatable bonds is 5. The van der Waals surface area contributed by atoms with E-state index in [1.165, 1.54) is 10.6 Å². The van der Waals surface area contributed by atoms with Gasteiger partial charge in [-0.15, -0.1) is 0 Å². The van der Waals surface area contributed by atoms with Gasteiger partial charge in [-0.2, -0.15) is 0 Å². The minimum Gasteiger partial charge on any atom is -0.496 e. The Bertz CT molecular complexity index is 660. The summed E-state index contributed by atoms with van der Waals surface area (Å²) in [6.45, 7) is 2.64. The predicted molar refractivity (Wildman–Crippen MR) is 88.7 cm³/mol. The Kier molecular flexibility index (Phi) is 5.64. The van der Waals surface area contributed by atoms with Crippen LogP contribution in [0.3, 0.4) is 0 Å². The van der Waals surface area contributed by atoms with Crippen molar-refractivity contribution in [3.63, 3.8) is 0 Å². The minimum absolute atomic E-state index is 0.114. The Balaban J connectivity index is 2.03. The van der Waals surface area contributed by atoms with Crippen LogP contribution in [0, 0.1) is 5.92 Å². The van der Waals surface area contributed by atoms with Gasteiger partial charge in [0.1, 0.15) is 5.75 Å². The average Bonchev–Trinajstić information content (AvgIpc) is 2.54. The number of methoxy groups -OCH3 is 1. The minimum atomic E-state index is -3.25. The smallest absolute Gasteiger partial charge is 0.224 e. The average molecular weight is 340 g/mol. The molecule has 0 radical (unpaired) electrons. The molecule has 2 rings (SSSR count). The summed E-state index contributed by atoms with van der Waals surface area (Å²) in [6.07, 6.45) is 2.59. The molecule has 2 atom stereocenters. The van der Waals surface area contributed by atoms with Crippen molar-refractivity contribution in [1.82, 2.24) is 9.62 Å². The van der Waals surface area contributed by atoms with Crippen LogP contribution in [0.1, 0.15) is 31.4 Å². The molecule has 0 bridgehead atoms. The summed E-state index contributed by atoms with van der Waals surface area (Å²) in [7, 11) is -1.65. The van der Waals surface area contributed by atoms with Gasteiger partial charge < -0.3 is 10.1 Å². The highest BCUT2D eigenvalue weighted by molar-refractivity contribution is 7.88. The zero-order chi connectivity index (χ0) is 17.0. The second kappa shape index (κ2) is 7.31. The van der Waals surface area contributed by atoms with Gasteiger partial charge in [0.2, 0.25) is 15.9 Å². The van der Waals surface area contributed by atoms with Gasteiger partial charge in [0.25, 0.3) is 0 Å². The van der Waals surface area contributed by atoms with Crippen molar-refractivity contribution in [3.8, 4) is 5.75 Å². The third kappa shape index (κ3) is 4.45. The predicted octanol–water partition coefficient (Wildman–Crippen LogP) is 1.54. The lowest BCUT2D eigenvalue weighted by Crippen LogP contribution is -2.45. The first kappa shape index (κ1) is 17.7. The third-order valence-electron chi connectivity index (χ3n) is 4.19. The molecule has 1 saturated heterocycles. The van der Waals surface area contributed by atoms with Crippen LogP contribution in [-0.2, 0) is 14.8 Å². The normalized spacial score (nSPS) is 20.7. The van der Waals surface area contributed by atoms with Crippen molar-refractivity contribution in [1.29, 1.82) is 0 Å². The van der Waals surface area contributed by atoms with E-state index in [4.69, 9.17) is 4.74 Å². The number of carbonyl (C=O) groups excluding carboxylic acids is 1. The second-order valence-corrected chi connectivity index (χ2v) is 7.91. The number of nitrogens with zero attached hydrogens (tertiary/aromatic N) is 1. The van der Waals surface area contributed by atoms with Gasteiger partial charge in [-0.25, -0.2) is 12.7 Å². The maximum atomic E-state index is 12.5. The fraction of sp³-hybridized carbons (Fsp3) is 0.562. The molecule has 1 aliphatic heterocycles. The highest BCUT2D eigenvalue weighted by Gasteiger charge is 2.30. The van der Waals surface area contributed by atoms with Crippen LogP contribution in [-0.4, -0.2) is 45.1 Å². The molecular weight excluding hydrogens is 316 g/mol. The summed E-state index contributed by atoms with van der Waals surface area (Å²) >= 11 is 0. The zero-order valence-electron chi connectivity index (χ0n) is 13.8. The van der Waals surface area contributed by atoms with Crippen LogP contribution in [0.5, 0.6) is 5.75 Å². The van der Waals surface area contributed by atoms with Crippen molar-refractivity contribution in [2.75, 3.05) is 26.5 Å². The Morgan fingerprint density at radius 3 is 2.74 bits per heavy atom. The molecule has 0 spiro atoms. The topological polar surface area (TPSA) is 75.7 Å². The summed E-state index contributed by atoms with van der Waals surface area (Å²) in [6, 6.07) is 7.33. The van der Waals surface area contributed by atoms with Gasteiger partial charge in [-0.05, 0) is 25.8 Å². The molecule has 1 aliphatic rings. The van der Waals surface area contributed by atoms with Crippen molar-refractivity contribution in [3.05, 3.63) is 29.8 Å². The number of nitrogens with one attached hydrogen (secondary N) is 1. The lowest BCUT2D eigenvalue weighted by atomic mass is 9.97. The molecular formula is C16H24N2O4S. The summed E-state index contributed by atoms with van der Waals surface area (Å²) < 4.78 is 30.0. The summed E-state index contributed by atoms with van der Waals surface area (Å²) in [5.74, 6) is 0.300. The molecule has 1 amide bonds. The van der Waals surface area contributed by atoms with Crippen LogP contribution in [0.2, 0.25) is 0 Å². The molecule has 0 saturated carbocycles. The maximum absolute atomic E-state index is 12.5. The van der Waals surface area contributed by atoms with E-state index < -0.39 is 10.0 Å². The number of sulfonamides is 1. The van der Waals surface area contributed by atoms with E-state index in [1.54, 1.807) is 7.11 Å². The summed E-state index contributed by atoms with van der Waals surface area (Å²) in [4.78, 5) is 12.5. The number of hydrogen-bond acceptors (Lipinski definition) is 4. The number of piperidine rings is 1. The van der Waals surface area contributed by atoms with Gasteiger partial charge in [0.05, 0.1) is 25.3 Å². The Morgan fingerprint density at radius 2 is 2.09 bits per heavy atom. The monoisotopic (exact) mass is 340 g/mol. The van der Waals surface area contributed by atoms with Gasteiger partial charge in [0.15, 0.2) is 0 Å². The molecule has 1 heterocycles. The quantitative estimate of drug-likeness (QED) is 0.882. The van der Waals surface area contributed by atoms with Crippen LogP contribution in [0.25, 0.3) is 0 Å². The van der Waals surface area contributed by atoms with E-state index in [-0.39, 0.29) is 24.4 Å². The zero-order valence-corrected chi connectivity index (χ0v) is 14.6.